The number of terminal acetylenes is 1. The van der Waals surface area contributed by atoms with Crippen LogP contribution in [0.4, 0.5) is 0 Å². The van der Waals surface area contributed by atoms with Crippen LogP contribution >= 0.6 is 15.9 Å². The molecule has 0 radical (unpaired) electrons. The highest BCUT2D eigenvalue weighted by molar-refractivity contribution is 9.10. The van der Waals surface area contributed by atoms with Crippen molar-refractivity contribution < 1.29 is 18.9 Å². The van der Waals surface area contributed by atoms with Crippen LogP contribution < -0.4 is 24.4 Å². The summed E-state index contributed by atoms with van der Waals surface area (Å²) in [6.45, 7) is 0.702. The molecule has 142 valence electrons. The second-order valence-corrected chi connectivity index (χ2v) is 6.16. The maximum absolute atomic E-state index is 5.50. The molecule has 0 aliphatic heterocycles. The highest BCUT2D eigenvalue weighted by Crippen LogP contribution is 2.36. The van der Waals surface area contributed by atoms with Gasteiger partial charge in [0, 0.05) is 0 Å². The number of nitrogens with zero attached hydrogens (tertiary/aromatic N) is 1. The van der Waals surface area contributed by atoms with Crippen molar-refractivity contribution in [2.75, 3.05) is 27.9 Å². The summed E-state index contributed by atoms with van der Waals surface area (Å²) in [4.78, 5) is 0. The van der Waals surface area contributed by atoms with Gasteiger partial charge in [-0.15, -0.1) is 6.42 Å². The van der Waals surface area contributed by atoms with Gasteiger partial charge in [-0.25, -0.2) is 0 Å². The summed E-state index contributed by atoms with van der Waals surface area (Å²) < 4.78 is 22.1. The molecule has 0 saturated carbocycles. The third kappa shape index (κ3) is 5.56. The molecule has 0 unspecified atom stereocenters. The Kier molecular flexibility index (Phi) is 7.83. The minimum atomic E-state index is 0.162. The molecule has 0 aromatic heterocycles. The van der Waals surface area contributed by atoms with Gasteiger partial charge in [0.1, 0.15) is 6.61 Å². The van der Waals surface area contributed by atoms with E-state index in [9.17, 15) is 0 Å². The van der Waals surface area contributed by atoms with Crippen LogP contribution in [0.5, 0.6) is 23.0 Å². The van der Waals surface area contributed by atoms with Crippen LogP contribution in [0.3, 0.4) is 0 Å². The van der Waals surface area contributed by atoms with E-state index in [0.717, 1.165) is 15.6 Å². The van der Waals surface area contributed by atoms with Crippen LogP contribution in [0.2, 0.25) is 0 Å². The van der Waals surface area contributed by atoms with Crippen molar-refractivity contribution >= 4 is 22.1 Å². The Balaban J connectivity index is 2.04. The van der Waals surface area contributed by atoms with E-state index in [1.165, 1.54) is 0 Å². The molecule has 0 saturated heterocycles. The lowest BCUT2D eigenvalue weighted by Gasteiger charge is -2.11. The molecule has 1 N–H and O–H groups in total. The van der Waals surface area contributed by atoms with Gasteiger partial charge in [0.2, 0.25) is 0 Å². The van der Waals surface area contributed by atoms with Gasteiger partial charge in [0.05, 0.1) is 38.6 Å². The first-order valence-electron chi connectivity index (χ1n) is 8.03. The first-order chi connectivity index (χ1) is 13.1. The van der Waals surface area contributed by atoms with E-state index in [0.29, 0.717) is 29.5 Å². The zero-order chi connectivity index (χ0) is 19.6. The predicted octanol–water partition coefficient (Wildman–Crippen LogP) is 3.61. The molecule has 0 amide bonds. The highest BCUT2D eigenvalue weighted by Gasteiger charge is 2.10. The Morgan fingerprint density at radius 2 is 1.81 bits per heavy atom. The molecule has 0 spiro atoms. The van der Waals surface area contributed by atoms with Crippen LogP contribution in [0, 0.1) is 12.3 Å². The average Bonchev–Trinajstić information content (AvgIpc) is 2.69. The van der Waals surface area contributed by atoms with Crippen LogP contribution in [0.25, 0.3) is 0 Å². The minimum Gasteiger partial charge on any atom is -0.493 e. The standard InChI is InChI=1S/C20H21BrN2O4/c1-5-8-27-20-16(21)9-15(11-19(20)26-4)13-23-22-12-14-6-7-17(24-2)18(10-14)25-3/h1,6-7,9-11,13,22H,8,12H2,2-4H3/b23-13-. The van der Waals surface area contributed by atoms with Crippen molar-refractivity contribution in [2.45, 2.75) is 6.54 Å². The van der Waals surface area contributed by atoms with Gasteiger partial charge < -0.3 is 24.4 Å². The minimum absolute atomic E-state index is 0.162. The van der Waals surface area contributed by atoms with E-state index in [2.05, 4.69) is 32.4 Å². The largest absolute Gasteiger partial charge is 0.493 e. The number of ether oxygens (including phenoxy) is 4. The van der Waals surface area contributed by atoms with Gasteiger partial charge in [-0.1, -0.05) is 12.0 Å². The Bertz CT molecular complexity index is 847. The van der Waals surface area contributed by atoms with E-state index in [1.54, 1.807) is 27.5 Å². The zero-order valence-corrected chi connectivity index (χ0v) is 17.0. The summed E-state index contributed by atoms with van der Waals surface area (Å²) in [5.74, 6) is 4.93. The normalized spacial score (nSPS) is 10.3. The summed E-state index contributed by atoms with van der Waals surface area (Å²) in [6, 6.07) is 9.39. The second-order valence-electron chi connectivity index (χ2n) is 5.31. The summed E-state index contributed by atoms with van der Waals surface area (Å²) in [5, 5.41) is 4.25. The maximum atomic E-state index is 5.50. The molecule has 6 nitrogen and oxygen atoms in total. The summed E-state index contributed by atoms with van der Waals surface area (Å²) in [7, 11) is 4.78. The van der Waals surface area contributed by atoms with Crippen molar-refractivity contribution in [3.8, 4) is 35.3 Å². The lowest BCUT2D eigenvalue weighted by atomic mass is 10.2. The number of benzene rings is 2. The monoisotopic (exact) mass is 432 g/mol. The van der Waals surface area contributed by atoms with Gasteiger partial charge in [0.25, 0.3) is 0 Å². The quantitative estimate of drug-likeness (QED) is 0.372. The fourth-order valence-corrected chi connectivity index (χ4v) is 2.89. The first kappa shape index (κ1) is 20.5. The van der Waals surface area contributed by atoms with Crippen molar-refractivity contribution in [1.82, 2.24) is 5.43 Å². The van der Waals surface area contributed by atoms with Crippen molar-refractivity contribution in [1.29, 1.82) is 0 Å². The van der Waals surface area contributed by atoms with Crippen molar-refractivity contribution in [3.63, 3.8) is 0 Å². The van der Waals surface area contributed by atoms with Gasteiger partial charge in [-0.05, 0) is 51.3 Å². The fourth-order valence-electron chi connectivity index (χ4n) is 2.32. The summed E-state index contributed by atoms with van der Waals surface area (Å²) in [6.07, 6.45) is 6.93. The Labute approximate surface area is 167 Å². The SMILES string of the molecule is C#CCOc1c(Br)cc(/C=N\NCc2ccc(OC)c(OC)c2)cc1OC. The molecule has 0 atom stereocenters. The lowest BCUT2D eigenvalue weighted by Crippen LogP contribution is -2.06. The molecule has 0 bridgehead atoms. The van der Waals surface area contributed by atoms with Crippen LogP contribution in [-0.4, -0.2) is 34.2 Å². The van der Waals surface area contributed by atoms with E-state index in [1.807, 2.05) is 30.3 Å². The molecule has 2 aromatic carbocycles. The van der Waals surface area contributed by atoms with Crippen molar-refractivity contribution in [3.05, 3.63) is 45.9 Å². The second kappa shape index (κ2) is 10.3. The average molecular weight is 433 g/mol. The van der Waals surface area contributed by atoms with Gasteiger partial charge in [-0.2, -0.15) is 5.10 Å². The number of hydrogen-bond acceptors (Lipinski definition) is 6. The molecule has 2 rings (SSSR count). The highest BCUT2D eigenvalue weighted by atomic mass is 79.9. The zero-order valence-electron chi connectivity index (χ0n) is 15.4. The Hall–Kier alpha value is -2.85. The number of hydrogen-bond donors (Lipinski definition) is 1. The third-order valence-electron chi connectivity index (χ3n) is 3.59. The summed E-state index contributed by atoms with van der Waals surface area (Å²) >= 11 is 3.46. The smallest absolute Gasteiger partial charge is 0.176 e. The van der Waals surface area contributed by atoms with Crippen LogP contribution in [0.15, 0.2) is 39.9 Å². The molecule has 0 fully saturated rings. The third-order valence-corrected chi connectivity index (χ3v) is 4.18. The number of methoxy groups -OCH3 is 3. The number of hydrazone groups is 1. The molecular formula is C20H21BrN2O4. The van der Waals surface area contributed by atoms with E-state index >= 15 is 0 Å². The Morgan fingerprint density at radius 1 is 1.07 bits per heavy atom. The van der Waals surface area contributed by atoms with Crippen LogP contribution in [-0.2, 0) is 6.54 Å². The number of nitrogens with one attached hydrogen (secondary N) is 1. The molecule has 0 aliphatic carbocycles. The number of halogens is 1. The molecule has 27 heavy (non-hydrogen) atoms. The van der Waals surface area contributed by atoms with Crippen molar-refractivity contribution in [2.24, 2.45) is 5.10 Å². The topological polar surface area (TPSA) is 61.3 Å². The van der Waals surface area contributed by atoms with Gasteiger partial charge in [-0.3, -0.25) is 0 Å². The Morgan fingerprint density at radius 3 is 2.48 bits per heavy atom. The molecule has 0 heterocycles. The lowest BCUT2D eigenvalue weighted by molar-refractivity contribution is 0.329. The predicted molar refractivity (Wildman–Crippen MR) is 109 cm³/mol. The molecular weight excluding hydrogens is 412 g/mol. The molecule has 2 aromatic rings. The molecule has 0 aliphatic rings. The molecule has 7 heteroatoms. The van der Waals surface area contributed by atoms with E-state index in [4.69, 9.17) is 25.4 Å². The van der Waals surface area contributed by atoms with E-state index in [-0.39, 0.29) is 6.61 Å². The number of rotatable bonds is 9. The summed E-state index contributed by atoms with van der Waals surface area (Å²) in [5.41, 5.74) is 4.86. The van der Waals surface area contributed by atoms with Crippen LogP contribution in [0.1, 0.15) is 11.1 Å². The maximum Gasteiger partial charge on any atom is 0.176 e. The fraction of sp³-hybridized carbons (Fsp3) is 0.250. The van der Waals surface area contributed by atoms with Gasteiger partial charge in [0.15, 0.2) is 23.0 Å². The first-order valence-corrected chi connectivity index (χ1v) is 8.82. The van der Waals surface area contributed by atoms with E-state index < -0.39 is 0 Å². The van der Waals surface area contributed by atoms with Gasteiger partial charge >= 0.3 is 0 Å².